The molecule has 0 aliphatic carbocycles. The van der Waals surface area contributed by atoms with Crippen LogP contribution < -0.4 is 10.6 Å². The average Bonchev–Trinajstić information content (AvgIpc) is 2.72. The Morgan fingerprint density at radius 3 is 2.74 bits per heavy atom. The maximum absolute atomic E-state index is 12.9. The molecule has 2 saturated heterocycles. The highest BCUT2D eigenvalue weighted by Gasteiger charge is 2.41. The van der Waals surface area contributed by atoms with Crippen LogP contribution in [0.4, 0.5) is 0 Å². The highest BCUT2D eigenvalue weighted by molar-refractivity contribution is 5.96. The van der Waals surface area contributed by atoms with E-state index in [0.717, 1.165) is 31.6 Å². The van der Waals surface area contributed by atoms with Crippen molar-refractivity contribution in [1.82, 2.24) is 25.5 Å². The second-order valence-electron chi connectivity index (χ2n) is 8.04. The molecule has 2 fully saturated rings. The van der Waals surface area contributed by atoms with Crippen LogP contribution in [0, 0.1) is 12.8 Å². The van der Waals surface area contributed by atoms with Crippen LogP contribution >= 0.6 is 0 Å². The highest BCUT2D eigenvalue weighted by atomic mass is 16.5. The Hall–Kier alpha value is -2.06. The zero-order valence-corrected chi connectivity index (χ0v) is 16.3. The van der Waals surface area contributed by atoms with Gasteiger partial charge in [0.1, 0.15) is 11.7 Å². The summed E-state index contributed by atoms with van der Waals surface area (Å²) in [6.45, 7) is 9.55. The van der Waals surface area contributed by atoms with Crippen molar-refractivity contribution in [2.24, 2.45) is 5.92 Å². The molecule has 0 aromatic carbocycles. The Labute approximate surface area is 160 Å². The minimum atomic E-state index is -0.624. The second kappa shape index (κ2) is 8.31. The normalized spacial score (nSPS) is 23.1. The highest BCUT2D eigenvalue weighted by Crippen LogP contribution is 2.25. The largest absolute Gasteiger partial charge is 0.381 e. The Balaban J connectivity index is 1.76. The molecule has 2 N–H and O–H groups in total. The van der Waals surface area contributed by atoms with Crippen LogP contribution in [-0.2, 0) is 9.53 Å². The van der Waals surface area contributed by atoms with E-state index < -0.39 is 6.04 Å². The summed E-state index contributed by atoms with van der Waals surface area (Å²) < 4.78 is 5.49. The third-order valence-electron chi connectivity index (χ3n) is 5.06. The smallest absolute Gasteiger partial charge is 0.272 e. The van der Waals surface area contributed by atoms with E-state index in [4.69, 9.17) is 4.74 Å². The van der Waals surface area contributed by atoms with Crippen molar-refractivity contribution < 1.29 is 14.3 Å². The molecule has 27 heavy (non-hydrogen) atoms. The van der Waals surface area contributed by atoms with Crippen LogP contribution in [-0.4, -0.2) is 71.1 Å². The maximum Gasteiger partial charge on any atom is 0.272 e. The van der Waals surface area contributed by atoms with Gasteiger partial charge in [0.15, 0.2) is 0 Å². The van der Waals surface area contributed by atoms with Crippen LogP contribution in [0.25, 0.3) is 0 Å². The van der Waals surface area contributed by atoms with Crippen molar-refractivity contribution >= 4 is 11.8 Å². The van der Waals surface area contributed by atoms with Gasteiger partial charge in [0.25, 0.3) is 5.91 Å². The van der Waals surface area contributed by atoms with Crippen LogP contribution in [0.2, 0.25) is 0 Å². The van der Waals surface area contributed by atoms with E-state index in [0.29, 0.717) is 25.7 Å². The van der Waals surface area contributed by atoms with Gasteiger partial charge in [-0.25, -0.2) is 4.98 Å². The molecule has 1 aromatic heterocycles. The fourth-order valence-electron chi connectivity index (χ4n) is 3.78. The molecular formula is C19H29N5O3. The van der Waals surface area contributed by atoms with Crippen molar-refractivity contribution in [1.29, 1.82) is 0 Å². The number of nitrogens with zero attached hydrogens (tertiary/aromatic N) is 3. The number of amides is 2. The van der Waals surface area contributed by atoms with Gasteiger partial charge in [-0.3, -0.25) is 19.5 Å². The fourth-order valence-corrected chi connectivity index (χ4v) is 3.78. The summed E-state index contributed by atoms with van der Waals surface area (Å²) in [6.07, 6.45) is 4.56. The molecule has 8 heteroatoms. The molecule has 2 aliphatic rings. The lowest BCUT2D eigenvalue weighted by molar-refractivity contribution is -0.125. The van der Waals surface area contributed by atoms with Crippen molar-refractivity contribution in [3.8, 4) is 0 Å². The van der Waals surface area contributed by atoms with E-state index in [-0.39, 0.29) is 23.0 Å². The fraction of sp³-hybridized carbons (Fsp3) is 0.684. The number of aromatic nitrogens is 2. The minimum Gasteiger partial charge on any atom is -0.381 e. The number of carbonyl (C=O) groups excluding carboxylic acids is 2. The van der Waals surface area contributed by atoms with Gasteiger partial charge in [-0.1, -0.05) is 13.8 Å². The van der Waals surface area contributed by atoms with Crippen LogP contribution in [0.15, 0.2) is 12.4 Å². The standard InChI is InChI=1S/C19H29N5O3/c1-13(2)10-24-11-16(22-17(25)15-9-20-14(3)8-21-15)18(26)23-19(12-24)4-6-27-7-5-19/h8-9,13,16H,4-7,10-12H2,1-3H3,(H,22,25)(H,23,26). The number of rotatable bonds is 4. The molecular weight excluding hydrogens is 346 g/mol. The van der Waals surface area contributed by atoms with Crippen LogP contribution in [0.1, 0.15) is 42.9 Å². The lowest BCUT2D eigenvalue weighted by Gasteiger charge is -2.39. The van der Waals surface area contributed by atoms with Gasteiger partial charge in [0, 0.05) is 39.0 Å². The summed E-state index contributed by atoms with van der Waals surface area (Å²) >= 11 is 0. The van der Waals surface area contributed by atoms with Gasteiger partial charge in [-0.05, 0) is 25.7 Å². The number of aryl methyl sites for hydroxylation is 1. The van der Waals surface area contributed by atoms with E-state index in [2.05, 4.69) is 39.3 Å². The van der Waals surface area contributed by atoms with Gasteiger partial charge >= 0.3 is 0 Å². The minimum absolute atomic E-state index is 0.142. The first kappa shape index (κ1) is 19.7. The Kier molecular flexibility index (Phi) is 6.06. The summed E-state index contributed by atoms with van der Waals surface area (Å²) in [5.74, 6) is -0.0546. The van der Waals surface area contributed by atoms with Gasteiger partial charge < -0.3 is 15.4 Å². The van der Waals surface area contributed by atoms with Crippen molar-refractivity contribution in [3.05, 3.63) is 23.8 Å². The van der Waals surface area contributed by atoms with E-state index in [9.17, 15) is 9.59 Å². The van der Waals surface area contributed by atoms with E-state index >= 15 is 0 Å². The average molecular weight is 375 g/mol. The molecule has 8 nitrogen and oxygen atoms in total. The van der Waals surface area contributed by atoms with E-state index in [1.165, 1.54) is 6.20 Å². The van der Waals surface area contributed by atoms with E-state index in [1.807, 2.05) is 6.92 Å². The number of hydrogen-bond acceptors (Lipinski definition) is 6. The molecule has 3 heterocycles. The van der Waals surface area contributed by atoms with Crippen molar-refractivity contribution in [2.75, 3.05) is 32.8 Å². The molecule has 3 rings (SSSR count). The molecule has 1 aromatic rings. The lowest BCUT2D eigenvalue weighted by Crippen LogP contribution is -2.57. The monoisotopic (exact) mass is 375 g/mol. The Morgan fingerprint density at radius 1 is 1.37 bits per heavy atom. The zero-order valence-electron chi connectivity index (χ0n) is 16.3. The first-order valence-electron chi connectivity index (χ1n) is 9.58. The first-order chi connectivity index (χ1) is 12.9. The molecule has 1 unspecified atom stereocenters. The Morgan fingerprint density at radius 2 is 2.11 bits per heavy atom. The summed E-state index contributed by atoms with van der Waals surface area (Å²) in [5, 5.41) is 6.05. The number of carbonyl (C=O) groups is 2. The third kappa shape index (κ3) is 5.01. The first-order valence-corrected chi connectivity index (χ1v) is 9.58. The summed E-state index contributed by atoms with van der Waals surface area (Å²) in [6, 6.07) is -0.624. The van der Waals surface area contributed by atoms with Crippen LogP contribution in [0.3, 0.4) is 0 Å². The molecule has 2 amide bonds. The number of hydrogen-bond donors (Lipinski definition) is 2. The summed E-state index contributed by atoms with van der Waals surface area (Å²) in [7, 11) is 0. The quantitative estimate of drug-likeness (QED) is 0.797. The molecule has 0 bridgehead atoms. The number of nitrogens with one attached hydrogen (secondary N) is 2. The third-order valence-corrected chi connectivity index (χ3v) is 5.06. The van der Waals surface area contributed by atoms with Crippen LogP contribution in [0.5, 0.6) is 0 Å². The van der Waals surface area contributed by atoms with Gasteiger partial charge in [-0.15, -0.1) is 0 Å². The molecule has 2 aliphatic heterocycles. The molecule has 0 radical (unpaired) electrons. The molecule has 1 atom stereocenters. The number of ether oxygens (including phenoxy) is 1. The van der Waals surface area contributed by atoms with Gasteiger partial charge in [-0.2, -0.15) is 0 Å². The second-order valence-corrected chi connectivity index (χ2v) is 8.04. The lowest BCUT2D eigenvalue weighted by atomic mass is 9.89. The molecule has 148 valence electrons. The SMILES string of the molecule is Cc1cnc(C(=O)NC2CN(CC(C)C)CC3(CCOCC3)NC2=O)cn1. The zero-order chi connectivity index (χ0) is 19.4. The van der Waals surface area contributed by atoms with Crippen molar-refractivity contribution in [2.45, 2.75) is 45.2 Å². The van der Waals surface area contributed by atoms with Crippen molar-refractivity contribution in [3.63, 3.8) is 0 Å². The summed E-state index contributed by atoms with van der Waals surface area (Å²) in [4.78, 5) is 35.9. The van der Waals surface area contributed by atoms with E-state index in [1.54, 1.807) is 6.20 Å². The predicted molar refractivity (Wildman–Crippen MR) is 100 cm³/mol. The summed E-state index contributed by atoms with van der Waals surface area (Å²) in [5.41, 5.74) is 0.671. The topological polar surface area (TPSA) is 96.5 Å². The Bertz CT molecular complexity index is 670. The maximum atomic E-state index is 12.9. The predicted octanol–water partition coefficient (Wildman–Crippen LogP) is 0.520. The van der Waals surface area contributed by atoms with Gasteiger partial charge in [0.2, 0.25) is 5.91 Å². The molecule has 0 saturated carbocycles. The van der Waals surface area contributed by atoms with Gasteiger partial charge in [0.05, 0.1) is 17.4 Å². The molecule has 1 spiro atoms.